The van der Waals surface area contributed by atoms with E-state index < -0.39 is 6.17 Å². The van der Waals surface area contributed by atoms with Crippen molar-refractivity contribution >= 4 is 11.9 Å². The Labute approximate surface area is 138 Å². The Hall–Kier alpha value is -2.84. The molecule has 2 aromatic heterocycles. The Morgan fingerprint density at radius 3 is 2.88 bits per heavy atom. The second kappa shape index (κ2) is 6.73. The smallest absolute Gasteiger partial charge is 0.409 e. The van der Waals surface area contributed by atoms with Crippen LogP contribution in [0.3, 0.4) is 0 Å². The van der Waals surface area contributed by atoms with E-state index in [9.17, 15) is 9.59 Å². The van der Waals surface area contributed by atoms with Gasteiger partial charge in [-0.25, -0.2) is 19.7 Å². The zero-order chi connectivity index (χ0) is 17.1. The van der Waals surface area contributed by atoms with Crippen molar-refractivity contribution in [3.8, 4) is 0 Å². The predicted molar refractivity (Wildman–Crippen MR) is 86.8 cm³/mol. The number of aromatic amines is 1. The van der Waals surface area contributed by atoms with Gasteiger partial charge in [0.15, 0.2) is 0 Å². The lowest BCUT2D eigenvalue weighted by Gasteiger charge is -2.41. The van der Waals surface area contributed by atoms with Crippen molar-refractivity contribution in [3.05, 3.63) is 40.7 Å². The van der Waals surface area contributed by atoms with Gasteiger partial charge in [0.25, 0.3) is 0 Å². The van der Waals surface area contributed by atoms with E-state index in [1.54, 1.807) is 29.5 Å². The standard InChI is InChI=1S/C15H20N6O3/c1-3-24-15(23)19-8-9-20(12-6-4-5-7-16-12)13(10-19)21-11(2)17-18-14(21)22/h4-7,13H,3,8-10H2,1-2H3,(H,18,22). The van der Waals surface area contributed by atoms with Gasteiger partial charge in [0.2, 0.25) is 0 Å². The first-order chi connectivity index (χ1) is 11.6. The Balaban J connectivity index is 1.95. The summed E-state index contributed by atoms with van der Waals surface area (Å²) >= 11 is 0. The molecule has 9 heteroatoms. The Kier molecular flexibility index (Phi) is 4.50. The zero-order valence-corrected chi connectivity index (χ0v) is 13.7. The summed E-state index contributed by atoms with van der Waals surface area (Å²) in [6.07, 6.45) is 0.927. The summed E-state index contributed by atoms with van der Waals surface area (Å²) in [4.78, 5) is 32.2. The number of piperazine rings is 1. The topological polar surface area (TPSA) is 96.3 Å². The van der Waals surface area contributed by atoms with Crippen LogP contribution in [0.5, 0.6) is 0 Å². The molecule has 2 aromatic rings. The molecular weight excluding hydrogens is 312 g/mol. The summed E-state index contributed by atoms with van der Waals surface area (Å²) in [5, 5.41) is 6.42. The molecule has 0 saturated carbocycles. The molecule has 1 saturated heterocycles. The van der Waals surface area contributed by atoms with Gasteiger partial charge in [-0.2, -0.15) is 5.10 Å². The predicted octanol–water partition coefficient (Wildman–Crippen LogP) is 0.752. The fourth-order valence-corrected chi connectivity index (χ4v) is 2.89. The zero-order valence-electron chi connectivity index (χ0n) is 13.7. The van der Waals surface area contributed by atoms with Crippen LogP contribution in [0.25, 0.3) is 0 Å². The van der Waals surface area contributed by atoms with Gasteiger partial charge in [-0.3, -0.25) is 4.57 Å². The van der Waals surface area contributed by atoms with Crippen LogP contribution in [0.15, 0.2) is 29.2 Å². The average molecular weight is 332 g/mol. The van der Waals surface area contributed by atoms with Crippen LogP contribution in [0, 0.1) is 6.92 Å². The largest absolute Gasteiger partial charge is 0.450 e. The number of hydrogen-bond donors (Lipinski definition) is 1. The molecule has 1 N–H and O–H groups in total. The number of carbonyl (C=O) groups excluding carboxylic acids is 1. The highest BCUT2D eigenvalue weighted by molar-refractivity contribution is 5.68. The lowest BCUT2D eigenvalue weighted by molar-refractivity contribution is 0.0928. The van der Waals surface area contributed by atoms with Gasteiger partial charge in [-0.05, 0) is 26.0 Å². The van der Waals surface area contributed by atoms with E-state index in [0.29, 0.717) is 32.1 Å². The molecule has 0 aliphatic carbocycles. The normalized spacial score (nSPS) is 17.8. The van der Waals surface area contributed by atoms with Crippen molar-refractivity contribution < 1.29 is 9.53 Å². The van der Waals surface area contributed by atoms with Crippen LogP contribution in [0.1, 0.15) is 18.9 Å². The number of nitrogens with one attached hydrogen (secondary N) is 1. The molecule has 1 aliphatic heterocycles. The van der Waals surface area contributed by atoms with Gasteiger partial charge in [-0.1, -0.05) is 6.07 Å². The van der Waals surface area contributed by atoms with Crippen molar-refractivity contribution in [2.75, 3.05) is 31.1 Å². The van der Waals surface area contributed by atoms with Gasteiger partial charge < -0.3 is 14.5 Å². The second-order valence-corrected chi connectivity index (χ2v) is 5.45. The van der Waals surface area contributed by atoms with E-state index in [1.165, 1.54) is 0 Å². The van der Waals surface area contributed by atoms with Crippen molar-refractivity contribution in [1.29, 1.82) is 0 Å². The van der Waals surface area contributed by atoms with Crippen LogP contribution >= 0.6 is 0 Å². The molecule has 0 radical (unpaired) electrons. The van der Waals surface area contributed by atoms with Gasteiger partial charge in [0.05, 0.1) is 13.2 Å². The van der Waals surface area contributed by atoms with Crippen LogP contribution < -0.4 is 10.6 Å². The molecule has 24 heavy (non-hydrogen) atoms. The molecule has 0 bridgehead atoms. The first kappa shape index (κ1) is 16.0. The molecule has 1 unspecified atom stereocenters. The lowest BCUT2D eigenvalue weighted by atomic mass is 10.2. The van der Waals surface area contributed by atoms with Crippen molar-refractivity contribution in [2.45, 2.75) is 20.0 Å². The first-order valence-electron chi connectivity index (χ1n) is 7.84. The molecule has 3 rings (SSSR count). The van der Waals surface area contributed by atoms with E-state index in [4.69, 9.17) is 4.74 Å². The number of carbonyl (C=O) groups is 1. The third kappa shape index (κ3) is 2.97. The highest BCUT2D eigenvalue weighted by Gasteiger charge is 2.34. The minimum atomic E-state index is -0.399. The Morgan fingerprint density at radius 1 is 1.42 bits per heavy atom. The summed E-state index contributed by atoms with van der Waals surface area (Å²) in [5.74, 6) is 1.30. The molecule has 3 heterocycles. The van der Waals surface area contributed by atoms with Gasteiger partial charge >= 0.3 is 11.8 Å². The monoisotopic (exact) mass is 332 g/mol. The van der Waals surface area contributed by atoms with Crippen molar-refractivity contribution in [3.63, 3.8) is 0 Å². The molecule has 1 amide bonds. The summed E-state index contributed by atoms with van der Waals surface area (Å²) in [6, 6.07) is 5.61. The molecule has 0 spiro atoms. The van der Waals surface area contributed by atoms with E-state index >= 15 is 0 Å². The summed E-state index contributed by atoms with van der Waals surface area (Å²) in [7, 11) is 0. The number of aryl methyl sites for hydroxylation is 1. The number of nitrogens with zero attached hydrogens (tertiary/aromatic N) is 5. The number of aromatic nitrogens is 4. The van der Waals surface area contributed by atoms with E-state index in [1.807, 2.05) is 23.1 Å². The number of ether oxygens (including phenoxy) is 1. The van der Waals surface area contributed by atoms with Crippen molar-refractivity contribution in [2.24, 2.45) is 0 Å². The quantitative estimate of drug-likeness (QED) is 0.891. The SMILES string of the molecule is CCOC(=O)N1CCN(c2ccccn2)C(n2c(C)n[nH]c2=O)C1. The van der Waals surface area contributed by atoms with Crippen molar-refractivity contribution in [1.82, 2.24) is 24.6 Å². The summed E-state index contributed by atoms with van der Waals surface area (Å²) in [6.45, 7) is 5.18. The number of pyridine rings is 1. The molecule has 0 aromatic carbocycles. The average Bonchev–Trinajstić information content (AvgIpc) is 2.94. The summed E-state index contributed by atoms with van der Waals surface area (Å²) < 4.78 is 6.63. The van der Waals surface area contributed by atoms with Gasteiger partial charge in [0, 0.05) is 19.3 Å². The molecule has 1 atom stereocenters. The maximum Gasteiger partial charge on any atom is 0.409 e. The lowest BCUT2D eigenvalue weighted by Crippen LogP contribution is -2.54. The van der Waals surface area contributed by atoms with Gasteiger partial charge in [0.1, 0.15) is 17.8 Å². The number of hydrogen-bond acceptors (Lipinski definition) is 6. The number of amides is 1. The molecule has 1 aliphatic rings. The minimum Gasteiger partial charge on any atom is -0.450 e. The van der Waals surface area contributed by atoms with Crippen LogP contribution in [0.4, 0.5) is 10.6 Å². The fourth-order valence-electron chi connectivity index (χ4n) is 2.89. The third-order valence-corrected chi connectivity index (χ3v) is 4.00. The Bertz CT molecular complexity index is 756. The number of rotatable bonds is 3. The van der Waals surface area contributed by atoms with E-state index in [0.717, 1.165) is 5.82 Å². The second-order valence-electron chi connectivity index (χ2n) is 5.45. The van der Waals surface area contributed by atoms with Crippen LogP contribution in [0.2, 0.25) is 0 Å². The molecule has 9 nitrogen and oxygen atoms in total. The third-order valence-electron chi connectivity index (χ3n) is 4.00. The Morgan fingerprint density at radius 2 is 2.25 bits per heavy atom. The number of H-pyrrole nitrogens is 1. The highest BCUT2D eigenvalue weighted by Crippen LogP contribution is 2.25. The fraction of sp³-hybridized carbons (Fsp3) is 0.467. The van der Waals surface area contributed by atoms with Crippen LogP contribution in [-0.2, 0) is 4.74 Å². The maximum absolute atomic E-state index is 12.2. The van der Waals surface area contributed by atoms with Gasteiger partial charge in [-0.15, -0.1) is 0 Å². The van der Waals surface area contributed by atoms with E-state index in [2.05, 4.69) is 15.2 Å². The molecule has 1 fully saturated rings. The number of anilines is 1. The first-order valence-corrected chi connectivity index (χ1v) is 7.84. The molecule has 128 valence electrons. The van der Waals surface area contributed by atoms with E-state index in [-0.39, 0.29) is 11.8 Å². The maximum atomic E-state index is 12.2. The highest BCUT2D eigenvalue weighted by atomic mass is 16.6. The summed E-state index contributed by atoms with van der Waals surface area (Å²) in [5.41, 5.74) is -0.316. The minimum absolute atomic E-state index is 0.314. The molecular formula is C15H20N6O3. The van der Waals surface area contributed by atoms with Crippen LogP contribution in [-0.4, -0.2) is 57.0 Å².